The molecule has 8 nitrogen and oxygen atoms in total. The second-order valence-corrected chi connectivity index (χ2v) is 6.79. The summed E-state index contributed by atoms with van der Waals surface area (Å²) in [6, 6.07) is 1.94. The molecule has 2 N–H and O–H groups in total. The van der Waals surface area contributed by atoms with Crippen molar-refractivity contribution < 1.29 is 9.59 Å². The third-order valence-electron chi connectivity index (χ3n) is 5.34. The van der Waals surface area contributed by atoms with Gasteiger partial charge in [0.2, 0.25) is 5.91 Å². The lowest BCUT2D eigenvalue weighted by Gasteiger charge is -2.47. The molecule has 25 heavy (non-hydrogen) atoms. The first-order valence-electron chi connectivity index (χ1n) is 8.78. The van der Waals surface area contributed by atoms with Gasteiger partial charge < -0.3 is 14.8 Å². The summed E-state index contributed by atoms with van der Waals surface area (Å²) in [6.45, 7) is 2.08. The standard InChI is InChI=1S/C17H22N6O2/c24-16-2-1-12-10-22(17(25)14-3-6-20-21-14)7-5-15(12)23(16)8-4-13-9-18-11-19-13/h3,6,9,11-12,15H,1-2,4-5,7-8,10H2,(H,18,19)(H,20,21). The number of H-pyrrole nitrogens is 2. The summed E-state index contributed by atoms with van der Waals surface area (Å²) < 4.78 is 0. The van der Waals surface area contributed by atoms with Crippen LogP contribution in [0.15, 0.2) is 24.8 Å². The molecule has 2 aliphatic heterocycles. The topological polar surface area (TPSA) is 98.0 Å². The highest BCUT2D eigenvalue weighted by atomic mass is 16.2. The lowest BCUT2D eigenvalue weighted by Crippen LogP contribution is -2.57. The Morgan fingerprint density at radius 1 is 1.36 bits per heavy atom. The molecule has 2 unspecified atom stereocenters. The van der Waals surface area contributed by atoms with Gasteiger partial charge in [-0.25, -0.2) is 4.98 Å². The fourth-order valence-electron chi connectivity index (χ4n) is 4.03. The zero-order valence-electron chi connectivity index (χ0n) is 14.0. The van der Waals surface area contributed by atoms with Gasteiger partial charge in [-0.2, -0.15) is 5.10 Å². The summed E-state index contributed by atoms with van der Waals surface area (Å²) in [6.07, 6.45) is 8.10. The third-order valence-corrected chi connectivity index (χ3v) is 5.34. The van der Waals surface area contributed by atoms with E-state index in [9.17, 15) is 9.59 Å². The van der Waals surface area contributed by atoms with Gasteiger partial charge in [-0.1, -0.05) is 0 Å². The zero-order valence-corrected chi connectivity index (χ0v) is 14.0. The van der Waals surface area contributed by atoms with E-state index >= 15 is 0 Å². The molecule has 2 amide bonds. The smallest absolute Gasteiger partial charge is 0.271 e. The van der Waals surface area contributed by atoms with Crippen molar-refractivity contribution in [1.82, 2.24) is 30.0 Å². The van der Waals surface area contributed by atoms with Crippen molar-refractivity contribution in [2.75, 3.05) is 19.6 Å². The van der Waals surface area contributed by atoms with Crippen LogP contribution >= 0.6 is 0 Å². The zero-order chi connectivity index (χ0) is 17.2. The van der Waals surface area contributed by atoms with Crippen molar-refractivity contribution in [1.29, 1.82) is 0 Å². The molecule has 0 saturated carbocycles. The van der Waals surface area contributed by atoms with Crippen LogP contribution in [0, 0.1) is 5.92 Å². The van der Waals surface area contributed by atoms with Crippen molar-refractivity contribution in [3.63, 3.8) is 0 Å². The molecule has 4 rings (SSSR count). The third kappa shape index (κ3) is 3.16. The van der Waals surface area contributed by atoms with Crippen LogP contribution in [0.25, 0.3) is 0 Å². The molecule has 0 radical (unpaired) electrons. The lowest BCUT2D eigenvalue weighted by molar-refractivity contribution is -0.140. The molecule has 2 atom stereocenters. The predicted molar refractivity (Wildman–Crippen MR) is 89.6 cm³/mol. The lowest BCUT2D eigenvalue weighted by atomic mass is 9.83. The van der Waals surface area contributed by atoms with Gasteiger partial charge in [-0.05, 0) is 24.8 Å². The van der Waals surface area contributed by atoms with E-state index < -0.39 is 0 Å². The van der Waals surface area contributed by atoms with Gasteiger partial charge >= 0.3 is 0 Å². The quantitative estimate of drug-likeness (QED) is 0.860. The maximum Gasteiger partial charge on any atom is 0.271 e. The molecule has 0 aliphatic carbocycles. The Hall–Kier alpha value is -2.64. The fourth-order valence-corrected chi connectivity index (χ4v) is 4.03. The first-order valence-corrected chi connectivity index (χ1v) is 8.78. The number of imidazole rings is 1. The molecule has 2 aromatic rings. The summed E-state index contributed by atoms with van der Waals surface area (Å²) in [4.78, 5) is 36.0. The van der Waals surface area contributed by atoms with Crippen molar-refractivity contribution in [2.24, 2.45) is 5.92 Å². The minimum Gasteiger partial charge on any atom is -0.348 e. The Kier molecular flexibility index (Phi) is 4.25. The number of fused-ring (bicyclic) bond motifs is 1. The maximum absolute atomic E-state index is 12.5. The SMILES string of the molecule is O=C(c1ccn[nH]1)N1CCC2C(CCC(=O)N2CCc2cnc[nH]2)C1. The first kappa shape index (κ1) is 15.9. The van der Waals surface area contributed by atoms with Gasteiger partial charge in [0, 0.05) is 56.6 Å². The number of piperidine rings is 2. The van der Waals surface area contributed by atoms with Gasteiger partial charge in [0.1, 0.15) is 5.69 Å². The number of nitrogens with one attached hydrogen (secondary N) is 2. The van der Waals surface area contributed by atoms with Gasteiger partial charge in [0.05, 0.1) is 6.33 Å². The summed E-state index contributed by atoms with van der Waals surface area (Å²) in [5.41, 5.74) is 1.57. The Morgan fingerprint density at radius 2 is 2.28 bits per heavy atom. The molecule has 2 saturated heterocycles. The largest absolute Gasteiger partial charge is 0.348 e. The molecule has 4 heterocycles. The molecule has 0 aromatic carbocycles. The van der Waals surface area contributed by atoms with E-state index in [2.05, 4.69) is 20.2 Å². The van der Waals surface area contributed by atoms with Gasteiger partial charge in [-0.3, -0.25) is 14.7 Å². The van der Waals surface area contributed by atoms with Crippen LogP contribution in [0.2, 0.25) is 0 Å². The maximum atomic E-state index is 12.5. The monoisotopic (exact) mass is 342 g/mol. The minimum atomic E-state index is -0.00291. The number of nitrogens with zero attached hydrogens (tertiary/aromatic N) is 4. The van der Waals surface area contributed by atoms with Crippen LogP contribution < -0.4 is 0 Å². The van der Waals surface area contributed by atoms with E-state index in [0.717, 1.165) is 25.0 Å². The number of aromatic nitrogens is 4. The number of carbonyl (C=O) groups excluding carboxylic acids is 2. The molecule has 0 bridgehead atoms. The van der Waals surface area contributed by atoms with Gasteiger partial charge in [0.15, 0.2) is 0 Å². The van der Waals surface area contributed by atoms with Crippen molar-refractivity contribution in [3.8, 4) is 0 Å². The molecular formula is C17H22N6O2. The highest BCUT2D eigenvalue weighted by molar-refractivity contribution is 5.92. The van der Waals surface area contributed by atoms with E-state index in [1.165, 1.54) is 0 Å². The molecule has 0 spiro atoms. The number of likely N-dealkylation sites (tertiary alicyclic amines) is 2. The highest BCUT2D eigenvalue weighted by Crippen LogP contribution is 2.31. The molecule has 2 aromatic heterocycles. The molecule has 2 aliphatic rings. The molecule has 8 heteroatoms. The Morgan fingerprint density at radius 3 is 3.04 bits per heavy atom. The minimum absolute atomic E-state index is 0.00291. The van der Waals surface area contributed by atoms with Crippen LogP contribution in [-0.2, 0) is 11.2 Å². The van der Waals surface area contributed by atoms with Crippen LogP contribution in [0.1, 0.15) is 35.4 Å². The van der Waals surface area contributed by atoms with E-state index in [1.54, 1.807) is 24.8 Å². The number of aromatic amines is 2. The molecular weight excluding hydrogens is 320 g/mol. The number of hydrogen-bond acceptors (Lipinski definition) is 4. The van der Waals surface area contributed by atoms with Gasteiger partial charge in [0.25, 0.3) is 5.91 Å². The first-order chi connectivity index (χ1) is 12.2. The van der Waals surface area contributed by atoms with E-state index in [4.69, 9.17) is 0 Å². The predicted octanol–water partition coefficient (Wildman–Crippen LogP) is 0.829. The molecule has 132 valence electrons. The van der Waals surface area contributed by atoms with Crippen molar-refractivity contribution >= 4 is 11.8 Å². The average Bonchev–Trinajstić information content (AvgIpc) is 3.33. The van der Waals surface area contributed by atoms with Crippen LogP contribution in [0.3, 0.4) is 0 Å². The van der Waals surface area contributed by atoms with E-state index in [1.807, 2.05) is 9.80 Å². The summed E-state index contributed by atoms with van der Waals surface area (Å²) in [5.74, 6) is 0.575. The van der Waals surface area contributed by atoms with Gasteiger partial charge in [-0.15, -0.1) is 0 Å². The normalized spacial score (nSPS) is 23.6. The summed E-state index contributed by atoms with van der Waals surface area (Å²) in [5, 5.41) is 6.60. The van der Waals surface area contributed by atoms with E-state index in [0.29, 0.717) is 37.7 Å². The number of rotatable bonds is 4. The Balaban J connectivity index is 1.41. The second kappa shape index (κ2) is 6.70. The van der Waals surface area contributed by atoms with Crippen LogP contribution in [0.5, 0.6) is 0 Å². The van der Waals surface area contributed by atoms with E-state index in [-0.39, 0.29) is 17.9 Å². The number of carbonyl (C=O) groups is 2. The fraction of sp³-hybridized carbons (Fsp3) is 0.529. The van der Waals surface area contributed by atoms with Crippen LogP contribution in [0.4, 0.5) is 0 Å². The Labute approximate surface area is 145 Å². The van der Waals surface area contributed by atoms with Crippen molar-refractivity contribution in [3.05, 3.63) is 36.2 Å². The number of hydrogen-bond donors (Lipinski definition) is 2. The summed E-state index contributed by atoms with van der Waals surface area (Å²) >= 11 is 0. The Bertz CT molecular complexity index is 726. The highest BCUT2D eigenvalue weighted by Gasteiger charge is 2.40. The van der Waals surface area contributed by atoms with Crippen molar-refractivity contribution in [2.45, 2.75) is 31.7 Å². The summed E-state index contributed by atoms with van der Waals surface area (Å²) in [7, 11) is 0. The number of amides is 2. The molecule has 2 fully saturated rings. The average molecular weight is 342 g/mol. The second-order valence-electron chi connectivity index (χ2n) is 6.79. The van der Waals surface area contributed by atoms with Crippen LogP contribution in [-0.4, -0.2) is 67.5 Å².